The Kier molecular flexibility index (Phi) is 4.69. The molecule has 1 aliphatic heterocycles. The highest BCUT2D eigenvalue weighted by atomic mass is 32.1. The van der Waals surface area contributed by atoms with Crippen molar-refractivity contribution < 1.29 is 19.2 Å². The Hall–Kier alpha value is -3.08. The van der Waals surface area contributed by atoms with Gasteiger partial charge < -0.3 is 26.0 Å². The first-order valence-electron chi connectivity index (χ1n) is 8.89. The summed E-state index contributed by atoms with van der Waals surface area (Å²) in [6, 6.07) is 8.88. The van der Waals surface area contributed by atoms with Gasteiger partial charge in [0.15, 0.2) is 5.76 Å². The summed E-state index contributed by atoms with van der Waals surface area (Å²) in [5.74, 6) is -0.919. The van der Waals surface area contributed by atoms with Crippen molar-refractivity contribution in [2.24, 2.45) is 11.5 Å². The van der Waals surface area contributed by atoms with Gasteiger partial charge in [0.05, 0.1) is 4.88 Å². The Labute approximate surface area is 169 Å². The number of thiazole rings is 1. The van der Waals surface area contributed by atoms with Gasteiger partial charge in [-0.3, -0.25) is 9.59 Å². The predicted molar refractivity (Wildman–Crippen MR) is 106 cm³/mol. The van der Waals surface area contributed by atoms with Crippen molar-refractivity contribution in [2.45, 2.75) is 18.6 Å². The lowest BCUT2D eigenvalue weighted by atomic mass is 9.98. The summed E-state index contributed by atoms with van der Waals surface area (Å²) in [5.41, 5.74) is 11.5. The zero-order chi connectivity index (χ0) is 20.8. The summed E-state index contributed by atoms with van der Waals surface area (Å²) in [6.07, 6.45) is 0.244. The molecular formula is C19H19N5O4S. The minimum Gasteiger partial charge on any atom is -0.373 e. The molecule has 1 fully saturated rings. The third-order valence-electron chi connectivity index (χ3n) is 4.95. The van der Waals surface area contributed by atoms with Gasteiger partial charge in [-0.1, -0.05) is 23.4 Å². The molecule has 150 valence electrons. The van der Waals surface area contributed by atoms with Crippen LogP contribution in [0.3, 0.4) is 0 Å². The topological polar surface area (TPSA) is 149 Å². The summed E-state index contributed by atoms with van der Waals surface area (Å²) in [6.45, 7) is 0.611. The number of primary amides is 1. The van der Waals surface area contributed by atoms with E-state index in [4.69, 9.17) is 16.0 Å². The fourth-order valence-electron chi connectivity index (χ4n) is 3.31. The molecule has 4 rings (SSSR count). The zero-order valence-corrected chi connectivity index (χ0v) is 16.4. The second kappa shape index (κ2) is 7.07. The van der Waals surface area contributed by atoms with Gasteiger partial charge in [0.2, 0.25) is 5.60 Å². The predicted octanol–water partition coefficient (Wildman–Crippen LogP) is 1.07. The van der Waals surface area contributed by atoms with Crippen molar-refractivity contribution >= 4 is 23.2 Å². The van der Waals surface area contributed by atoms with Crippen LogP contribution in [0.1, 0.15) is 27.5 Å². The number of likely N-dealkylation sites (tertiary alicyclic amines) is 1. The Morgan fingerprint density at radius 3 is 2.76 bits per heavy atom. The van der Waals surface area contributed by atoms with Crippen LogP contribution in [-0.2, 0) is 16.9 Å². The van der Waals surface area contributed by atoms with Crippen LogP contribution in [0.25, 0.3) is 21.8 Å². The van der Waals surface area contributed by atoms with Gasteiger partial charge in [0.25, 0.3) is 11.8 Å². The fraction of sp³-hybridized carbons (Fsp3) is 0.263. The minimum absolute atomic E-state index is 0.114. The lowest BCUT2D eigenvalue weighted by molar-refractivity contribution is -0.144. The van der Waals surface area contributed by atoms with Crippen LogP contribution < -0.4 is 11.5 Å². The van der Waals surface area contributed by atoms with E-state index in [1.165, 1.54) is 16.2 Å². The third kappa shape index (κ3) is 3.20. The van der Waals surface area contributed by atoms with Crippen LogP contribution in [-0.4, -0.2) is 45.6 Å². The van der Waals surface area contributed by atoms with Crippen molar-refractivity contribution in [3.05, 3.63) is 46.7 Å². The number of nitrogens with two attached hydrogens (primary N) is 2. The normalized spacial score (nSPS) is 19.1. The molecule has 3 heterocycles. The van der Waals surface area contributed by atoms with E-state index >= 15 is 0 Å². The highest BCUT2D eigenvalue weighted by Gasteiger charge is 2.48. The van der Waals surface area contributed by atoms with E-state index in [0.717, 1.165) is 5.56 Å². The lowest BCUT2D eigenvalue weighted by Gasteiger charge is -2.16. The number of nitrogens with zero attached hydrogens (tertiary/aromatic N) is 3. The van der Waals surface area contributed by atoms with Gasteiger partial charge >= 0.3 is 0 Å². The highest BCUT2D eigenvalue weighted by Crippen LogP contribution is 2.36. The molecule has 29 heavy (non-hydrogen) atoms. The minimum atomic E-state index is -1.70. The molecule has 1 aliphatic rings. The van der Waals surface area contributed by atoms with E-state index in [9.17, 15) is 14.7 Å². The zero-order valence-electron chi connectivity index (χ0n) is 15.6. The number of likely N-dealkylation sites (N-methyl/N-ethyl adjacent to an activating group) is 1. The summed E-state index contributed by atoms with van der Waals surface area (Å²) >= 11 is 1.30. The van der Waals surface area contributed by atoms with Crippen molar-refractivity contribution in [1.29, 1.82) is 0 Å². The molecule has 1 saturated heterocycles. The average molecular weight is 413 g/mol. The van der Waals surface area contributed by atoms with Gasteiger partial charge in [-0.25, -0.2) is 4.98 Å². The Morgan fingerprint density at radius 1 is 1.38 bits per heavy atom. The molecule has 3 aromatic rings. The lowest BCUT2D eigenvalue weighted by Crippen LogP contribution is -2.35. The van der Waals surface area contributed by atoms with Gasteiger partial charge in [0.1, 0.15) is 16.4 Å². The number of carbonyl (C=O) groups is 2. The Morgan fingerprint density at radius 2 is 2.14 bits per heavy atom. The van der Waals surface area contributed by atoms with Crippen LogP contribution in [0.5, 0.6) is 0 Å². The fourth-order valence-corrected chi connectivity index (χ4v) is 4.25. The number of aromatic nitrogens is 2. The van der Waals surface area contributed by atoms with E-state index in [2.05, 4.69) is 10.1 Å². The number of amides is 2. The summed E-state index contributed by atoms with van der Waals surface area (Å²) in [4.78, 5) is 30.2. The van der Waals surface area contributed by atoms with Crippen molar-refractivity contribution in [2.75, 3.05) is 13.6 Å². The molecular weight excluding hydrogens is 394 g/mol. The van der Waals surface area contributed by atoms with E-state index in [1.54, 1.807) is 13.1 Å². The second-order valence-electron chi connectivity index (χ2n) is 6.85. The first-order valence-corrected chi connectivity index (χ1v) is 9.70. The SMILES string of the molecule is CN1CCC(O)(c2cc(-c3cccc(-c4nc(C(N)=O)c(CN)s4)c3)no2)C1=O. The number of hydrogen-bond acceptors (Lipinski definition) is 8. The molecule has 2 amide bonds. The number of benzene rings is 1. The molecule has 9 nitrogen and oxygen atoms in total. The smallest absolute Gasteiger partial charge is 0.268 e. The van der Waals surface area contributed by atoms with Crippen molar-refractivity contribution in [3.63, 3.8) is 0 Å². The van der Waals surface area contributed by atoms with E-state index in [-0.39, 0.29) is 24.4 Å². The van der Waals surface area contributed by atoms with Crippen LogP contribution in [0.4, 0.5) is 0 Å². The molecule has 0 bridgehead atoms. The molecule has 0 saturated carbocycles. The van der Waals surface area contributed by atoms with Gasteiger partial charge in [-0.05, 0) is 6.07 Å². The summed E-state index contributed by atoms with van der Waals surface area (Å²) < 4.78 is 5.30. The highest BCUT2D eigenvalue weighted by molar-refractivity contribution is 7.15. The molecule has 1 atom stereocenters. The molecule has 5 N–H and O–H groups in total. The van der Waals surface area contributed by atoms with Crippen LogP contribution in [0.15, 0.2) is 34.9 Å². The second-order valence-corrected chi connectivity index (χ2v) is 7.94. The number of carbonyl (C=O) groups excluding carboxylic acids is 2. The average Bonchev–Trinajstić information content (AvgIpc) is 3.43. The standard InChI is InChI=1S/C19H19N5O4S/c1-24-6-5-19(27,18(24)26)14-8-12(23-28-14)10-3-2-4-11(7-10)17-22-15(16(21)25)13(9-20)29-17/h2-4,7-8,27H,5-6,9,20H2,1H3,(H2,21,25). The molecule has 1 unspecified atom stereocenters. The maximum Gasteiger partial charge on any atom is 0.268 e. The van der Waals surface area contributed by atoms with Crippen LogP contribution >= 0.6 is 11.3 Å². The first-order chi connectivity index (χ1) is 13.8. The van der Waals surface area contributed by atoms with E-state index in [1.807, 2.05) is 24.3 Å². The number of hydrogen-bond donors (Lipinski definition) is 3. The van der Waals surface area contributed by atoms with Gasteiger partial charge in [0, 0.05) is 43.8 Å². The first kappa shape index (κ1) is 19.2. The summed E-state index contributed by atoms with van der Waals surface area (Å²) in [7, 11) is 1.63. The molecule has 1 aromatic carbocycles. The maximum absolute atomic E-state index is 12.3. The number of aliphatic hydroxyl groups is 1. The summed E-state index contributed by atoms with van der Waals surface area (Å²) in [5, 5.41) is 15.3. The van der Waals surface area contributed by atoms with Crippen molar-refractivity contribution in [1.82, 2.24) is 15.0 Å². The Balaban J connectivity index is 1.68. The van der Waals surface area contributed by atoms with Crippen LogP contribution in [0, 0.1) is 0 Å². The largest absolute Gasteiger partial charge is 0.373 e. The Bertz CT molecular complexity index is 1110. The van der Waals surface area contributed by atoms with Gasteiger partial charge in [-0.15, -0.1) is 11.3 Å². The molecule has 0 radical (unpaired) electrons. The number of rotatable bonds is 5. The quantitative estimate of drug-likeness (QED) is 0.566. The molecule has 0 spiro atoms. The molecule has 2 aromatic heterocycles. The molecule has 10 heteroatoms. The van der Waals surface area contributed by atoms with E-state index < -0.39 is 17.4 Å². The molecule has 0 aliphatic carbocycles. The maximum atomic E-state index is 12.3. The van der Waals surface area contributed by atoms with Gasteiger partial charge in [-0.2, -0.15) is 0 Å². The van der Waals surface area contributed by atoms with Crippen LogP contribution in [0.2, 0.25) is 0 Å². The third-order valence-corrected chi connectivity index (χ3v) is 6.08. The monoisotopic (exact) mass is 413 g/mol. The van der Waals surface area contributed by atoms with Crippen molar-refractivity contribution in [3.8, 4) is 21.8 Å². The van der Waals surface area contributed by atoms with E-state index in [0.29, 0.717) is 27.7 Å².